The molecule has 0 aliphatic carbocycles. The standard InChI is InChI=1S/C12H20N4O/c1-2-14-5-7-15(8-6-14)12(17)16-4-3-11(9-13)10-16/h11H,2-8,10H2,1H3. The molecule has 0 spiro atoms. The van der Waals surface area contributed by atoms with Crippen molar-refractivity contribution < 1.29 is 4.79 Å². The van der Waals surface area contributed by atoms with Crippen molar-refractivity contribution in [3.63, 3.8) is 0 Å². The third-order valence-electron chi connectivity index (χ3n) is 3.73. The van der Waals surface area contributed by atoms with E-state index in [1.54, 1.807) is 0 Å². The molecule has 94 valence electrons. The van der Waals surface area contributed by atoms with Crippen LogP contribution < -0.4 is 0 Å². The zero-order chi connectivity index (χ0) is 12.3. The van der Waals surface area contributed by atoms with Crippen LogP contribution in [0.25, 0.3) is 0 Å². The van der Waals surface area contributed by atoms with Gasteiger partial charge in [-0.2, -0.15) is 5.26 Å². The first kappa shape index (κ1) is 12.2. The lowest BCUT2D eigenvalue weighted by Crippen LogP contribution is -2.52. The van der Waals surface area contributed by atoms with Gasteiger partial charge in [-0.1, -0.05) is 6.92 Å². The number of urea groups is 1. The second-order valence-corrected chi connectivity index (χ2v) is 4.76. The quantitative estimate of drug-likeness (QED) is 0.669. The van der Waals surface area contributed by atoms with E-state index in [0.717, 1.165) is 45.7 Å². The van der Waals surface area contributed by atoms with Crippen molar-refractivity contribution in [2.24, 2.45) is 5.92 Å². The van der Waals surface area contributed by atoms with E-state index < -0.39 is 0 Å². The fraction of sp³-hybridized carbons (Fsp3) is 0.833. The number of piperazine rings is 1. The fourth-order valence-corrected chi connectivity index (χ4v) is 2.49. The molecule has 17 heavy (non-hydrogen) atoms. The van der Waals surface area contributed by atoms with Gasteiger partial charge in [0.25, 0.3) is 0 Å². The minimum atomic E-state index is 0.0379. The summed E-state index contributed by atoms with van der Waals surface area (Å²) in [6, 6.07) is 2.37. The maximum absolute atomic E-state index is 12.2. The van der Waals surface area contributed by atoms with E-state index in [4.69, 9.17) is 5.26 Å². The Hall–Kier alpha value is -1.28. The molecular formula is C12H20N4O. The van der Waals surface area contributed by atoms with Crippen molar-refractivity contribution in [2.45, 2.75) is 13.3 Å². The van der Waals surface area contributed by atoms with E-state index in [1.165, 1.54) is 0 Å². The second kappa shape index (κ2) is 5.37. The number of amides is 2. The fourth-order valence-electron chi connectivity index (χ4n) is 2.49. The van der Waals surface area contributed by atoms with Crippen molar-refractivity contribution in [3.05, 3.63) is 0 Å². The molecule has 2 aliphatic rings. The third kappa shape index (κ3) is 2.70. The van der Waals surface area contributed by atoms with E-state index in [1.807, 2.05) is 9.80 Å². The van der Waals surface area contributed by atoms with Crippen LogP contribution in [-0.2, 0) is 0 Å². The Morgan fingerprint density at radius 1 is 1.24 bits per heavy atom. The molecule has 5 heteroatoms. The number of likely N-dealkylation sites (tertiary alicyclic amines) is 1. The van der Waals surface area contributed by atoms with Crippen molar-refractivity contribution in [2.75, 3.05) is 45.8 Å². The maximum Gasteiger partial charge on any atom is 0.320 e. The van der Waals surface area contributed by atoms with Crippen LogP contribution in [0.3, 0.4) is 0 Å². The van der Waals surface area contributed by atoms with Gasteiger partial charge in [-0.05, 0) is 13.0 Å². The minimum absolute atomic E-state index is 0.0379. The van der Waals surface area contributed by atoms with Crippen LogP contribution in [0.4, 0.5) is 4.79 Å². The Labute approximate surface area is 103 Å². The number of hydrogen-bond acceptors (Lipinski definition) is 3. The lowest BCUT2D eigenvalue weighted by molar-refractivity contribution is 0.120. The molecule has 2 rings (SSSR count). The summed E-state index contributed by atoms with van der Waals surface area (Å²) in [5, 5.41) is 8.83. The van der Waals surface area contributed by atoms with Crippen molar-refractivity contribution >= 4 is 6.03 Å². The lowest BCUT2D eigenvalue weighted by atomic mass is 10.1. The van der Waals surface area contributed by atoms with Crippen LogP contribution in [0.5, 0.6) is 0 Å². The first-order chi connectivity index (χ1) is 8.24. The molecule has 0 aromatic rings. The number of carbonyl (C=O) groups is 1. The van der Waals surface area contributed by atoms with Crippen LogP contribution in [0.1, 0.15) is 13.3 Å². The van der Waals surface area contributed by atoms with Crippen LogP contribution in [0.2, 0.25) is 0 Å². The van der Waals surface area contributed by atoms with Crippen molar-refractivity contribution in [1.82, 2.24) is 14.7 Å². The molecule has 5 nitrogen and oxygen atoms in total. The van der Waals surface area contributed by atoms with E-state index in [2.05, 4.69) is 17.9 Å². The zero-order valence-corrected chi connectivity index (χ0v) is 10.4. The van der Waals surface area contributed by atoms with Crippen LogP contribution >= 0.6 is 0 Å². The molecule has 2 fully saturated rings. The van der Waals surface area contributed by atoms with Gasteiger partial charge in [-0.3, -0.25) is 0 Å². The smallest absolute Gasteiger partial charge is 0.320 e. The summed E-state index contributed by atoms with van der Waals surface area (Å²) in [6.07, 6.45) is 0.831. The van der Waals surface area contributed by atoms with E-state index in [-0.39, 0.29) is 11.9 Å². The second-order valence-electron chi connectivity index (χ2n) is 4.76. The Morgan fingerprint density at radius 2 is 1.94 bits per heavy atom. The summed E-state index contributed by atoms with van der Waals surface area (Å²) in [6.45, 7) is 8.14. The molecule has 2 heterocycles. The first-order valence-electron chi connectivity index (χ1n) is 6.40. The first-order valence-corrected chi connectivity index (χ1v) is 6.40. The number of hydrogen-bond donors (Lipinski definition) is 0. The Balaban J connectivity index is 1.83. The van der Waals surface area contributed by atoms with Crippen LogP contribution in [0, 0.1) is 17.2 Å². The largest absolute Gasteiger partial charge is 0.323 e. The monoisotopic (exact) mass is 236 g/mol. The number of nitrogens with zero attached hydrogens (tertiary/aromatic N) is 4. The van der Waals surface area contributed by atoms with Crippen LogP contribution in [0.15, 0.2) is 0 Å². The molecule has 0 saturated carbocycles. The molecule has 0 N–H and O–H groups in total. The number of rotatable bonds is 1. The Morgan fingerprint density at radius 3 is 2.47 bits per heavy atom. The van der Waals surface area contributed by atoms with Crippen LogP contribution in [-0.4, -0.2) is 66.5 Å². The van der Waals surface area contributed by atoms with Gasteiger partial charge in [0.05, 0.1) is 12.0 Å². The molecule has 0 aromatic heterocycles. The van der Waals surface area contributed by atoms with Crippen molar-refractivity contribution in [1.29, 1.82) is 5.26 Å². The Bertz CT molecular complexity index is 317. The van der Waals surface area contributed by atoms with Gasteiger partial charge >= 0.3 is 6.03 Å². The van der Waals surface area contributed by atoms with E-state index >= 15 is 0 Å². The van der Waals surface area contributed by atoms with Gasteiger partial charge < -0.3 is 14.7 Å². The lowest BCUT2D eigenvalue weighted by Gasteiger charge is -2.36. The highest BCUT2D eigenvalue weighted by Crippen LogP contribution is 2.17. The van der Waals surface area contributed by atoms with E-state index in [9.17, 15) is 4.79 Å². The molecule has 2 saturated heterocycles. The molecule has 0 radical (unpaired) electrons. The average Bonchev–Trinajstić information content (AvgIpc) is 2.87. The summed E-state index contributed by atoms with van der Waals surface area (Å²) >= 11 is 0. The molecule has 1 atom stereocenters. The minimum Gasteiger partial charge on any atom is -0.323 e. The van der Waals surface area contributed by atoms with E-state index in [0.29, 0.717) is 6.54 Å². The zero-order valence-electron chi connectivity index (χ0n) is 10.4. The van der Waals surface area contributed by atoms with Gasteiger partial charge in [0.1, 0.15) is 0 Å². The maximum atomic E-state index is 12.2. The van der Waals surface area contributed by atoms with Gasteiger partial charge in [0.15, 0.2) is 0 Å². The highest BCUT2D eigenvalue weighted by atomic mass is 16.2. The topological polar surface area (TPSA) is 50.6 Å². The molecule has 2 aliphatic heterocycles. The third-order valence-corrected chi connectivity index (χ3v) is 3.73. The highest BCUT2D eigenvalue weighted by Gasteiger charge is 2.30. The Kier molecular flexibility index (Phi) is 3.85. The van der Waals surface area contributed by atoms with Gasteiger partial charge in [-0.25, -0.2) is 4.79 Å². The average molecular weight is 236 g/mol. The molecule has 1 unspecified atom stereocenters. The van der Waals surface area contributed by atoms with Gasteiger partial charge in [0, 0.05) is 39.3 Å². The number of nitriles is 1. The van der Waals surface area contributed by atoms with Gasteiger partial charge in [-0.15, -0.1) is 0 Å². The summed E-state index contributed by atoms with van der Waals surface area (Å²) in [4.78, 5) is 18.3. The normalized spacial score (nSPS) is 26.0. The summed E-state index contributed by atoms with van der Waals surface area (Å²) in [7, 11) is 0. The van der Waals surface area contributed by atoms with Gasteiger partial charge in [0.2, 0.25) is 0 Å². The molecule has 0 aromatic carbocycles. The van der Waals surface area contributed by atoms with Crippen molar-refractivity contribution in [3.8, 4) is 6.07 Å². The predicted molar refractivity (Wildman–Crippen MR) is 64.4 cm³/mol. The molecular weight excluding hydrogens is 216 g/mol. The number of likely N-dealkylation sites (N-methyl/N-ethyl adjacent to an activating group) is 1. The SMILES string of the molecule is CCN1CCN(C(=O)N2CCC(C#N)C2)CC1. The molecule has 2 amide bonds. The predicted octanol–water partition coefficient (Wildman–Crippen LogP) is 0.589. The summed E-state index contributed by atoms with van der Waals surface area (Å²) < 4.78 is 0. The number of carbonyl (C=O) groups excluding carboxylic acids is 1. The molecule has 0 bridgehead atoms. The summed E-state index contributed by atoms with van der Waals surface area (Å²) in [5.41, 5.74) is 0. The summed E-state index contributed by atoms with van der Waals surface area (Å²) in [5.74, 6) is 0.0379. The highest BCUT2D eigenvalue weighted by molar-refractivity contribution is 5.75.